The Morgan fingerprint density at radius 3 is 2.27 bits per heavy atom. The van der Waals surface area contributed by atoms with E-state index < -0.39 is 66.1 Å². The van der Waals surface area contributed by atoms with E-state index in [1.165, 1.54) is 0 Å². The molecule has 0 N–H and O–H groups in total. The first kappa shape index (κ1) is 28.7. The lowest BCUT2D eigenvalue weighted by Crippen LogP contribution is -2.53. The van der Waals surface area contributed by atoms with Crippen molar-refractivity contribution >= 4 is 0 Å². The smallest absolute Gasteiger partial charge is 0.190 e. The molecule has 9 atom stereocenters. The molecule has 1 aromatic carbocycles. The third-order valence-corrected chi connectivity index (χ3v) is 8.06. The average Bonchev–Trinajstić information content (AvgIpc) is 3.63. The maximum atomic E-state index is 6.71. The molecule has 10 nitrogen and oxygen atoms in total. The quantitative estimate of drug-likeness (QED) is 0.414. The first-order valence-electron chi connectivity index (χ1n) is 14.1. The van der Waals surface area contributed by atoms with Gasteiger partial charge in [-0.25, -0.2) is 0 Å². The molecule has 5 aliphatic rings. The lowest BCUT2D eigenvalue weighted by Gasteiger charge is -2.38. The summed E-state index contributed by atoms with van der Waals surface area (Å²) in [6.07, 6.45) is -1.62. The minimum atomic E-state index is -0.897. The Morgan fingerprint density at radius 1 is 0.850 bits per heavy atom. The Morgan fingerprint density at radius 2 is 1.57 bits per heavy atom. The van der Waals surface area contributed by atoms with E-state index in [9.17, 15) is 0 Å². The van der Waals surface area contributed by atoms with Crippen molar-refractivity contribution in [1.29, 1.82) is 0 Å². The fraction of sp³-hybridized carbons (Fsp3) is 0.733. The molecular weight excluding hydrogens is 520 g/mol. The highest BCUT2D eigenvalue weighted by Crippen LogP contribution is 2.48. The summed E-state index contributed by atoms with van der Waals surface area (Å²) in [6.45, 7) is 16.2. The average molecular weight is 563 g/mol. The molecule has 5 heterocycles. The van der Waals surface area contributed by atoms with Gasteiger partial charge in [-0.3, -0.25) is 0 Å². The van der Waals surface area contributed by atoms with Crippen molar-refractivity contribution in [3.8, 4) is 0 Å². The van der Waals surface area contributed by atoms with Crippen LogP contribution >= 0.6 is 0 Å². The largest absolute Gasteiger partial charge is 0.370 e. The molecule has 0 saturated carbocycles. The molecule has 5 aliphatic heterocycles. The monoisotopic (exact) mass is 562 g/mol. The second-order valence-corrected chi connectivity index (χ2v) is 12.5. The first-order valence-corrected chi connectivity index (χ1v) is 14.1. The van der Waals surface area contributed by atoms with Gasteiger partial charge >= 0.3 is 0 Å². The molecule has 0 amide bonds. The Labute approximate surface area is 236 Å². The van der Waals surface area contributed by atoms with Gasteiger partial charge in [0, 0.05) is 0 Å². The standard InChI is InChI=1S/C30H42O10/c1-8-14-30(33-15-18-12-10-9-11-13-18)20(34-26-24(30)38-29(6,7)40-26)17-31-22-21(19-16-32-27(2,3)36-19)35-25-23(22)37-28(4,5)39-25/h8-13,19-26H,1,14-17H2,2-7H3/t19-,20-,21-,22+,23-,24+,25-,26-,30-/m1/s1. The van der Waals surface area contributed by atoms with Crippen LogP contribution in [-0.4, -0.2) is 85.4 Å². The van der Waals surface area contributed by atoms with Crippen LogP contribution in [0.3, 0.4) is 0 Å². The molecule has 0 aliphatic carbocycles. The molecule has 0 radical (unpaired) electrons. The predicted molar refractivity (Wildman–Crippen MR) is 141 cm³/mol. The Bertz CT molecular complexity index is 1060. The van der Waals surface area contributed by atoms with Crippen molar-refractivity contribution in [2.45, 2.75) is 127 Å². The van der Waals surface area contributed by atoms with Crippen molar-refractivity contribution in [1.82, 2.24) is 0 Å². The zero-order valence-electron chi connectivity index (χ0n) is 24.2. The number of rotatable bonds is 9. The lowest BCUT2D eigenvalue weighted by molar-refractivity contribution is -0.256. The van der Waals surface area contributed by atoms with Crippen LogP contribution in [0.15, 0.2) is 43.0 Å². The maximum Gasteiger partial charge on any atom is 0.190 e. The molecule has 222 valence electrons. The molecule has 10 heteroatoms. The summed E-state index contributed by atoms with van der Waals surface area (Å²) in [5.41, 5.74) is 0.144. The van der Waals surface area contributed by atoms with Crippen molar-refractivity contribution in [3.05, 3.63) is 48.6 Å². The third-order valence-electron chi connectivity index (χ3n) is 8.06. The maximum absolute atomic E-state index is 6.71. The topological polar surface area (TPSA) is 92.3 Å². The van der Waals surface area contributed by atoms with Gasteiger partial charge < -0.3 is 47.4 Å². The molecule has 0 unspecified atom stereocenters. The van der Waals surface area contributed by atoms with Gasteiger partial charge in [0.1, 0.15) is 42.2 Å². The fourth-order valence-electron chi connectivity index (χ4n) is 6.37. The predicted octanol–water partition coefficient (Wildman–Crippen LogP) is 3.81. The molecule has 0 aromatic heterocycles. The highest BCUT2D eigenvalue weighted by atomic mass is 16.9. The van der Waals surface area contributed by atoms with E-state index in [4.69, 9.17) is 47.4 Å². The Hall–Kier alpha value is -1.44. The number of ether oxygens (including phenoxy) is 10. The summed E-state index contributed by atoms with van der Waals surface area (Å²) in [5, 5.41) is 0. The van der Waals surface area contributed by atoms with Crippen LogP contribution in [0, 0.1) is 0 Å². The molecule has 6 rings (SSSR count). The van der Waals surface area contributed by atoms with E-state index >= 15 is 0 Å². The van der Waals surface area contributed by atoms with E-state index in [2.05, 4.69) is 6.58 Å². The zero-order chi connectivity index (χ0) is 28.3. The van der Waals surface area contributed by atoms with Gasteiger partial charge in [-0.15, -0.1) is 6.58 Å². The number of fused-ring (bicyclic) bond motifs is 2. The summed E-state index contributed by atoms with van der Waals surface area (Å²) in [5.74, 6) is -2.32. The van der Waals surface area contributed by atoms with Crippen molar-refractivity contribution in [2.75, 3.05) is 13.2 Å². The number of hydrogen-bond donors (Lipinski definition) is 0. The second-order valence-electron chi connectivity index (χ2n) is 12.5. The van der Waals surface area contributed by atoms with Crippen LogP contribution in [-0.2, 0) is 54.0 Å². The van der Waals surface area contributed by atoms with E-state index in [1.807, 2.05) is 78.0 Å². The molecule has 0 bridgehead atoms. The molecule has 5 fully saturated rings. The molecule has 5 saturated heterocycles. The van der Waals surface area contributed by atoms with Gasteiger partial charge in [-0.1, -0.05) is 36.4 Å². The van der Waals surface area contributed by atoms with Crippen molar-refractivity contribution < 1.29 is 47.4 Å². The van der Waals surface area contributed by atoms with E-state index in [-0.39, 0.29) is 12.7 Å². The molecular formula is C30H42O10. The van der Waals surface area contributed by atoms with Crippen LogP contribution in [0.25, 0.3) is 0 Å². The minimum absolute atomic E-state index is 0.178. The molecule has 40 heavy (non-hydrogen) atoms. The molecule has 1 aromatic rings. The minimum Gasteiger partial charge on any atom is -0.370 e. The fourth-order valence-corrected chi connectivity index (χ4v) is 6.37. The van der Waals surface area contributed by atoms with Gasteiger partial charge in [0.15, 0.2) is 29.9 Å². The van der Waals surface area contributed by atoms with E-state index in [0.717, 1.165) is 5.56 Å². The van der Waals surface area contributed by atoms with Crippen LogP contribution in [0.1, 0.15) is 53.5 Å². The van der Waals surface area contributed by atoms with Gasteiger partial charge in [-0.05, 0) is 53.5 Å². The number of hydrogen-bond acceptors (Lipinski definition) is 10. The van der Waals surface area contributed by atoms with Crippen molar-refractivity contribution in [3.63, 3.8) is 0 Å². The van der Waals surface area contributed by atoms with Gasteiger partial charge in [0.05, 0.1) is 19.8 Å². The molecule has 0 spiro atoms. The van der Waals surface area contributed by atoms with Gasteiger partial charge in [0.25, 0.3) is 0 Å². The summed E-state index contributed by atoms with van der Waals surface area (Å²) in [7, 11) is 0. The SMILES string of the molecule is C=CC[C@@]1(OCc2ccccc2)[C@@H](CO[C@@H]2[C@H]3OC(C)(C)O[C@H]3O[C@@H]2[C@H]2COC(C)(C)O2)O[C@@H]2OC(C)(C)O[C@@H]21. The normalized spacial score (nSPS) is 42.6. The van der Waals surface area contributed by atoms with Crippen LogP contribution in [0.5, 0.6) is 0 Å². The lowest BCUT2D eigenvalue weighted by atomic mass is 9.88. The first-order chi connectivity index (χ1) is 18.9. The van der Waals surface area contributed by atoms with Gasteiger partial charge in [0.2, 0.25) is 0 Å². The highest BCUT2D eigenvalue weighted by Gasteiger charge is 2.65. The number of benzene rings is 1. The van der Waals surface area contributed by atoms with Crippen molar-refractivity contribution in [2.24, 2.45) is 0 Å². The summed E-state index contributed by atoms with van der Waals surface area (Å²) < 4.78 is 62.9. The third kappa shape index (κ3) is 5.40. The Balaban J connectivity index is 1.24. The second kappa shape index (κ2) is 10.4. The van der Waals surface area contributed by atoms with Gasteiger partial charge in [-0.2, -0.15) is 0 Å². The summed E-state index contributed by atoms with van der Waals surface area (Å²) in [6, 6.07) is 10.0. The summed E-state index contributed by atoms with van der Waals surface area (Å²) >= 11 is 0. The summed E-state index contributed by atoms with van der Waals surface area (Å²) in [4.78, 5) is 0. The Kier molecular flexibility index (Phi) is 7.44. The van der Waals surface area contributed by atoms with Crippen LogP contribution < -0.4 is 0 Å². The highest BCUT2D eigenvalue weighted by molar-refractivity contribution is 5.15. The zero-order valence-corrected chi connectivity index (χ0v) is 24.2. The van der Waals surface area contributed by atoms with Crippen LogP contribution in [0.2, 0.25) is 0 Å². The van der Waals surface area contributed by atoms with E-state index in [1.54, 1.807) is 0 Å². The van der Waals surface area contributed by atoms with Crippen LogP contribution in [0.4, 0.5) is 0 Å². The van der Waals surface area contributed by atoms with E-state index in [0.29, 0.717) is 19.6 Å².